The Morgan fingerprint density at radius 1 is 0.821 bits per heavy atom. The van der Waals surface area contributed by atoms with Gasteiger partial charge in [0.25, 0.3) is 17.3 Å². The third-order valence-corrected chi connectivity index (χ3v) is 2.98. The van der Waals surface area contributed by atoms with Crippen LogP contribution < -0.4 is 5.73 Å². The molecule has 0 amide bonds. The van der Waals surface area contributed by atoms with Gasteiger partial charge in [0.05, 0.1) is 4.92 Å². The van der Waals surface area contributed by atoms with Gasteiger partial charge in [-0.25, -0.2) is 0 Å². The Labute approximate surface area is 152 Å². The van der Waals surface area contributed by atoms with Crippen molar-refractivity contribution in [2.75, 3.05) is 5.73 Å². The number of halogens is 6. The van der Waals surface area contributed by atoms with Crippen LogP contribution in [0.25, 0.3) is 0 Å². The van der Waals surface area contributed by atoms with Crippen LogP contribution in [-0.4, -0.2) is 28.8 Å². The monoisotopic (exact) mass is 408 g/mol. The van der Waals surface area contributed by atoms with E-state index in [9.17, 15) is 46.0 Å². The first-order chi connectivity index (χ1) is 12.7. The molecule has 2 N–H and O–H groups in total. The Morgan fingerprint density at radius 2 is 1.25 bits per heavy atom. The molecule has 6 nitrogen and oxygen atoms in total. The molecule has 0 radical (unpaired) electrons. The molecule has 0 saturated heterocycles. The van der Waals surface area contributed by atoms with E-state index in [0.717, 1.165) is 30.3 Å². The summed E-state index contributed by atoms with van der Waals surface area (Å²) in [4.78, 5) is 30.7. The van der Waals surface area contributed by atoms with Crippen LogP contribution in [0.3, 0.4) is 0 Å². The van der Waals surface area contributed by atoms with E-state index in [-0.39, 0.29) is 5.69 Å². The van der Waals surface area contributed by atoms with Gasteiger partial charge in [0.1, 0.15) is 0 Å². The molecule has 0 aliphatic heterocycles. The van der Waals surface area contributed by atoms with Crippen molar-refractivity contribution in [3.8, 4) is 0 Å². The van der Waals surface area contributed by atoms with Gasteiger partial charge < -0.3 is 5.73 Å². The largest absolute Gasteiger partial charge is 0.454 e. The van der Waals surface area contributed by atoms with Crippen LogP contribution in [-0.2, 0) is 0 Å². The summed E-state index contributed by atoms with van der Waals surface area (Å²) in [5, 5.41) is 10.2. The van der Waals surface area contributed by atoms with Gasteiger partial charge in [0.2, 0.25) is 0 Å². The molecule has 0 atom stereocenters. The highest BCUT2D eigenvalue weighted by Crippen LogP contribution is 2.24. The number of hydrogen-bond donors (Lipinski definition) is 1. The quantitative estimate of drug-likeness (QED) is 0.267. The average Bonchev–Trinajstić information content (AvgIpc) is 2.59. The fourth-order valence-corrected chi connectivity index (χ4v) is 1.77. The first-order valence-electron chi connectivity index (χ1n) is 7.06. The lowest BCUT2D eigenvalue weighted by atomic mass is 10.1. The summed E-state index contributed by atoms with van der Waals surface area (Å²) < 4.78 is 71.5. The predicted molar refractivity (Wildman–Crippen MR) is 84.7 cm³/mol. The Balaban J connectivity index is 0.000000283. The topological polar surface area (TPSA) is 103 Å². The molecule has 12 heteroatoms. The number of Topliss-reactive ketones (excluding diaryl/α,β-unsaturated/α-hetero) is 2. The maximum Gasteiger partial charge on any atom is 0.454 e. The summed E-state index contributed by atoms with van der Waals surface area (Å²) >= 11 is 0. The summed E-state index contributed by atoms with van der Waals surface area (Å²) in [6.45, 7) is 0. The minimum absolute atomic E-state index is 0.134. The fraction of sp³-hybridized carbons (Fsp3) is 0.125. The van der Waals surface area contributed by atoms with Crippen LogP contribution in [0.1, 0.15) is 20.7 Å². The predicted octanol–water partition coefficient (Wildman–Crippen LogP) is 4.35. The van der Waals surface area contributed by atoms with E-state index in [0.29, 0.717) is 6.07 Å². The van der Waals surface area contributed by atoms with Gasteiger partial charge in [-0.05, 0) is 12.1 Å². The number of nitrogen functional groups attached to an aromatic ring is 1. The maximum atomic E-state index is 11.9. The van der Waals surface area contributed by atoms with Crippen molar-refractivity contribution in [1.82, 2.24) is 0 Å². The number of carbonyl (C=O) groups is 2. The van der Waals surface area contributed by atoms with Crippen molar-refractivity contribution in [2.45, 2.75) is 12.4 Å². The molecule has 0 aliphatic carbocycles. The molecule has 0 spiro atoms. The lowest BCUT2D eigenvalue weighted by molar-refractivity contribution is -0.384. The van der Waals surface area contributed by atoms with Gasteiger partial charge in [-0.1, -0.05) is 24.3 Å². The molecule has 2 aromatic rings. The number of hydrogen-bond acceptors (Lipinski definition) is 5. The van der Waals surface area contributed by atoms with Crippen molar-refractivity contribution in [1.29, 1.82) is 0 Å². The summed E-state index contributed by atoms with van der Waals surface area (Å²) in [5.41, 5.74) is 3.63. The molecular formula is C16H10F6N2O4. The molecule has 0 saturated carbocycles. The molecule has 2 aromatic carbocycles. The van der Waals surface area contributed by atoms with E-state index < -0.39 is 45.7 Å². The van der Waals surface area contributed by atoms with Crippen molar-refractivity contribution in [3.63, 3.8) is 0 Å². The van der Waals surface area contributed by atoms with Crippen molar-refractivity contribution >= 4 is 22.9 Å². The van der Waals surface area contributed by atoms with Gasteiger partial charge in [-0.2, -0.15) is 26.3 Å². The number of nitro groups is 1. The summed E-state index contributed by atoms with van der Waals surface area (Å²) in [6, 6.07) is 8.28. The average molecular weight is 408 g/mol. The van der Waals surface area contributed by atoms with Crippen LogP contribution in [0.5, 0.6) is 0 Å². The number of rotatable bonds is 3. The van der Waals surface area contributed by atoms with Crippen LogP contribution in [0.15, 0.2) is 48.5 Å². The van der Waals surface area contributed by atoms with Crippen LogP contribution in [0.2, 0.25) is 0 Å². The molecular weight excluding hydrogens is 398 g/mol. The number of alkyl halides is 6. The third kappa shape index (κ3) is 6.37. The SMILES string of the molecule is Nc1cccc(C(=O)C(F)(F)F)c1.O=C(c1cccc([N+](=O)[O-])c1)C(F)(F)F. The van der Waals surface area contributed by atoms with Crippen LogP contribution in [0.4, 0.5) is 37.7 Å². The minimum Gasteiger partial charge on any atom is -0.399 e. The summed E-state index contributed by atoms with van der Waals surface area (Å²) in [6.07, 6.45) is -9.86. The van der Waals surface area contributed by atoms with E-state index in [1.807, 2.05) is 0 Å². The van der Waals surface area contributed by atoms with Crippen LogP contribution >= 0.6 is 0 Å². The van der Waals surface area contributed by atoms with Gasteiger partial charge in [0.15, 0.2) is 0 Å². The Hall–Kier alpha value is -3.44. The number of benzene rings is 2. The molecule has 28 heavy (non-hydrogen) atoms. The molecule has 0 unspecified atom stereocenters. The first kappa shape index (κ1) is 22.6. The highest BCUT2D eigenvalue weighted by molar-refractivity contribution is 6.01. The fourth-order valence-electron chi connectivity index (χ4n) is 1.77. The van der Waals surface area contributed by atoms with E-state index in [1.54, 1.807) is 0 Å². The highest BCUT2D eigenvalue weighted by Gasteiger charge is 2.40. The molecule has 0 aromatic heterocycles. The number of anilines is 1. The zero-order valence-electron chi connectivity index (χ0n) is 13.5. The van der Waals surface area contributed by atoms with E-state index in [1.165, 1.54) is 12.1 Å². The maximum absolute atomic E-state index is 11.9. The zero-order chi connectivity index (χ0) is 21.7. The highest BCUT2D eigenvalue weighted by atomic mass is 19.4. The van der Waals surface area contributed by atoms with Crippen molar-refractivity contribution < 1.29 is 40.9 Å². The van der Waals surface area contributed by atoms with Crippen molar-refractivity contribution in [2.24, 2.45) is 0 Å². The van der Waals surface area contributed by atoms with E-state index in [2.05, 4.69) is 0 Å². The smallest absolute Gasteiger partial charge is 0.399 e. The molecule has 2 rings (SSSR count). The number of nitrogens with zero attached hydrogens (tertiary/aromatic N) is 1. The molecule has 0 fully saturated rings. The Morgan fingerprint density at radius 3 is 1.64 bits per heavy atom. The number of ketones is 2. The number of non-ortho nitro benzene ring substituents is 1. The van der Waals surface area contributed by atoms with Gasteiger partial charge >= 0.3 is 12.4 Å². The second-order valence-corrected chi connectivity index (χ2v) is 5.09. The summed E-state index contributed by atoms with van der Waals surface area (Å²) in [7, 11) is 0. The zero-order valence-corrected chi connectivity index (χ0v) is 13.5. The first-order valence-corrected chi connectivity index (χ1v) is 7.06. The van der Waals surface area contributed by atoms with Gasteiger partial charge in [0, 0.05) is 28.9 Å². The van der Waals surface area contributed by atoms with Crippen molar-refractivity contribution in [3.05, 3.63) is 69.8 Å². The van der Waals surface area contributed by atoms with E-state index >= 15 is 0 Å². The Bertz CT molecular complexity index is 893. The molecule has 150 valence electrons. The van der Waals surface area contributed by atoms with Gasteiger partial charge in [-0.3, -0.25) is 19.7 Å². The molecule has 0 heterocycles. The second-order valence-electron chi connectivity index (χ2n) is 5.09. The van der Waals surface area contributed by atoms with Crippen LogP contribution in [0, 0.1) is 10.1 Å². The molecule has 0 bridgehead atoms. The molecule has 0 aliphatic rings. The number of nitro benzene ring substituents is 1. The second kappa shape index (κ2) is 8.50. The standard InChI is InChI=1S/C8H4F3NO3.C8H6F3NO/c9-8(10,11)7(13)5-2-1-3-6(4-5)12(14)15;9-8(10,11)7(13)5-2-1-3-6(12)4-5/h1-4H;1-4H,12H2. The third-order valence-electron chi connectivity index (χ3n) is 2.98. The van der Waals surface area contributed by atoms with Gasteiger partial charge in [-0.15, -0.1) is 0 Å². The summed E-state index contributed by atoms with van der Waals surface area (Å²) in [5.74, 6) is -3.97. The number of nitrogens with two attached hydrogens (primary N) is 1. The number of carbonyl (C=O) groups excluding carboxylic acids is 2. The van der Waals surface area contributed by atoms with E-state index in [4.69, 9.17) is 5.73 Å². The lowest BCUT2D eigenvalue weighted by Gasteiger charge is -2.04. The Kier molecular flexibility index (Phi) is 6.86. The normalized spacial score (nSPS) is 11.2. The minimum atomic E-state index is -5.02. The lowest BCUT2D eigenvalue weighted by Crippen LogP contribution is -2.22.